The van der Waals surface area contributed by atoms with Crippen molar-refractivity contribution in [3.63, 3.8) is 0 Å². The molecule has 1 aromatic carbocycles. The number of hydrogen-bond acceptors (Lipinski definition) is 2. The van der Waals surface area contributed by atoms with Crippen LogP contribution in [0.4, 0.5) is 4.79 Å². The zero-order valence-electron chi connectivity index (χ0n) is 9.07. The second-order valence-corrected chi connectivity index (χ2v) is 4.09. The quantitative estimate of drug-likeness (QED) is 0.718. The first kappa shape index (κ1) is 10.8. The van der Waals surface area contributed by atoms with Gasteiger partial charge in [0.1, 0.15) is 5.75 Å². The van der Waals surface area contributed by atoms with Crippen LogP contribution in [0.1, 0.15) is 18.4 Å². The van der Waals surface area contributed by atoms with Gasteiger partial charge in [-0.15, -0.1) is 0 Å². The molecule has 4 nitrogen and oxygen atoms in total. The first-order valence-electron chi connectivity index (χ1n) is 5.56. The number of amides is 2. The van der Waals surface area contributed by atoms with Gasteiger partial charge in [0.2, 0.25) is 0 Å². The molecule has 0 aliphatic heterocycles. The molecule has 86 valence electrons. The summed E-state index contributed by atoms with van der Waals surface area (Å²) < 4.78 is 0. The van der Waals surface area contributed by atoms with Crippen LogP contribution >= 0.6 is 0 Å². The van der Waals surface area contributed by atoms with Crippen molar-refractivity contribution in [1.82, 2.24) is 10.6 Å². The maximum Gasteiger partial charge on any atom is 0.315 e. The second-order valence-electron chi connectivity index (χ2n) is 4.09. The van der Waals surface area contributed by atoms with Crippen LogP contribution in [0.25, 0.3) is 0 Å². The van der Waals surface area contributed by atoms with Gasteiger partial charge in [-0.2, -0.15) is 0 Å². The number of phenols is 1. The molecule has 4 heteroatoms. The molecule has 16 heavy (non-hydrogen) atoms. The van der Waals surface area contributed by atoms with Crippen LogP contribution in [-0.4, -0.2) is 23.7 Å². The summed E-state index contributed by atoms with van der Waals surface area (Å²) >= 11 is 0. The Kier molecular flexibility index (Phi) is 3.29. The fraction of sp³-hybridized carbons (Fsp3) is 0.417. The lowest BCUT2D eigenvalue weighted by Gasteiger charge is -2.06. The van der Waals surface area contributed by atoms with Crippen molar-refractivity contribution in [2.24, 2.45) is 0 Å². The maximum absolute atomic E-state index is 11.3. The number of nitrogens with one attached hydrogen (secondary N) is 2. The Morgan fingerprint density at radius 1 is 1.44 bits per heavy atom. The lowest BCUT2D eigenvalue weighted by Crippen LogP contribution is -2.37. The van der Waals surface area contributed by atoms with Crippen LogP contribution in [0.2, 0.25) is 0 Å². The van der Waals surface area contributed by atoms with Crippen LogP contribution < -0.4 is 10.6 Å². The van der Waals surface area contributed by atoms with Crippen molar-refractivity contribution in [3.05, 3.63) is 29.8 Å². The molecule has 0 saturated heterocycles. The summed E-state index contributed by atoms with van der Waals surface area (Å²) in [5, 5.41) is 14.9. The molecule has 1 aliphatic rings. The van der Waals surface area contributed by atoms with Gasteiger partial charge in [0.15, 0.2) is 0 Å². The molecule has 0 bridgehead atoms. The van der Waals surface area contributed by atoms with Crippen LogP contribution in [-0.2, 0) is 6.42 Å². The van der Waals surface area contributed by atoms with Crippen LogP contribution in [0.3, 0.4) is 0 Å². The molecule has 2 amide bonds. The number of urea groups is 1. The van der Waals surface area contributed by atoms with E-state index in [4.69, 9.17) is 0 Å². The number of rotatable bonds is 4. The van der Waals surface area contributed by atoms with Crippen molar-refractivity contribution >= 4 is 6.03 Å². The van der Waals surface area contributed by atoms with Crippen molar-refractivity contribution in [1.29, 1.82) is 0 Å². The highest BCUT2D eigenvalue weighted by atomic mass is 16.3. The first-order chi connectivity index (χ1) is 7.74. The van der Waals surface area contributed by atoms with E-state index in [0.29, 0.717) is 12.6 Å². The minimum absolute atomic E-state index is 0.0948. The molecule has 3 N–H and O–H groups in total. The second kappa shape index (κ2) is 4.88. The van der Waals surface area contributed by atoms with Crippen LogP contribution in [0.15, 0.2) is 24.3 Å². The smallest absolute Gasteiger partial charge is 0.315 e. The molecule has 0 aromatic heterocycles. The SMILES string of the molecule is O=C(NCCc1cccc(O)c1)NC1CC1. The molecule has 2 rings (SSSR count). The summed E-state index contributed by atoms with van der Waals surface area (Å²) in [4.78, 5) is 11.3. The molecular formula is C12H16N2O2. The Hall–Kier alpha value is -1.71. The van der Waals surface area contributed by atoms with Gasteiger partial charge in [-0.3, -0.25) is 0 Å². The Morgan fingerprint density at radius 2 is 2.25 bits per heavy atom. The summed E-state index contributed by atoms with van der Waals surface area (Å²) in [6.45, 7) is 0.585. The molecule has 1 aliphatic carbocycles. The number of carbonyl (C=O) groups excluding carboxylic acids is 1. The van der Waals surface area contributed by atoms with Gasteiger partial charge in [-0.25, -0.2) is 4.79 Å². The lowest BCUT2D eigenvalue weighted by molar-refractivity contribution is 0.240. The van der Waals surface area contributed by atoms with Gasteiger partial charge >= 0.3 is 6.03 Å². The summed E-state index contributed by atoms with van der Waals surface area (Å²) in [6, 6.07) is 7.37. The summed E-state index contributed by atoms with van der Waals surface area (Å²) in [6.07, 6.45) is 2.92. The van der Waals surface area contributed by atoms with E-state index < -0.39 is 0 Å². The zero-order chi connectivity index (χ0) is 11.4. The van der Waals surface area contributed by atoms with E-state index in [9.17, 15) is 9.90 Å². The van der Waals surface area contributed by atoms with Gasteiger partial charge in [-0.05, 0) is 37.0 Å². The van der Waals surface area contributed by atoms with E-state index in [0.717, 1.165) is 24.8 Å². The molecule has 0 unspecified atom stereocenters. The predicted molar refractivity (Wildman–Crippen MR) is 61.4 cm³/mol. The first-order valence-corrected chi connectivity index (χ1v) is 5.56. The summed E-state index contributed by atoms with van der Waals surface area (Å²) in [7, 11) is 0. The molecular weight excluding hydrogens is 204 g/mol. The third-order valence-electron chi connectivity index (χ3n) is 2.52. The molecule has 0 radical (unpaired) electrons. The standard InChI is InChI=1S/C12H16N2O2/c15-11-3-1-2-9(8-11)6-7-13-12(16)14-10-4-5-10/h1-3,8,10,15H,4-7H2,(H2,13,14,16). The van der Waals surface area contributed by atoms with Crippen LogP contribution in [0.5, 0.6) is 5.75 Å². The normalized spacial score (nSPS) is 14.5. The van der Waals surface area contributed by atoms with E-state index in [1.54, 1.807) is 18.2 Å². The number of hydrogen-bond donors (Lipinski definition) is 3. The van der Waals surface area contributed by atoms with Crippen LogP contribution in [0, 0.1) is 0 Å². The summed E-state index contributed by atoms with van der Waals surface area (Å²) in [5.41, 5.74) is 1.02. The fourth-order valence-electron chi connectivity index (χ4n) is 1.50. The van der Waals surface area contributed by atoms with Crippen molar-refractivity contribution in [2.75, 3.05) is 6.54 Å². The van der Waals surface area contributed by atoms with E-state index in [1.807, 2.05) is 6.07 Å². The van der Waals surface area contributed by atoms with Crippen molar-refractivity contribution in [2.45, 2.75) is 25.3 Å². The lowest BCUT2D eigenvalue weighted by atomic mass is 10.1. The Morgan fingerprint density at radius 3 is 2.94 bits per heavy atom. The number of carbonyl (C=O) groups is 1. The van der Waals surface area contributed by atoms with Gasteiger partial charge < -0.3 is 15.7 Å². The zero-order valence-corrected chi connectivity index (χ0v) is 9.07. The minimum Gasteiger partial charge on any atom is -0.508 e. The minimum atomic E-state index is -0.0948. The van der Waals surface area contributed by atoms with Crippen molar-refractivity contribution < 1.29 is 9.90 Å². The van der Waals surface area contributed by atoms with E-state index in [-0.39, 0.29) is 11.8 Å². The van der Waals surface area contributed by atoms with E-state index >= 15 is 0 Å². The Balaban J connectivity index is 1.68. The van der Waals surface area contributed by atoms with E-state index in [1.165, 1.54) is 0 Å². The molecule has 0 spiro atoms. The number of aromatic hydroxyl groups is 1. The van der Waals surface area contributed by atoms with Gasteiger partial charge in [0, 0.05) is 12.6 Å². The van der Waals surface area contributed by atoms with Gasteiger partial charge in [-0.1, -0.05) is 12.1 Å². The molecule has 0 atom stereocenters. The third-order valence-corrected chi connectivity index (χ3v) is 2.52. The summed E-state index contributed by atoms with van der Waals surface area (Å²) in [5.74, 6) is 0.264. The molecule has 1 saturated carbocycles. The molecule has 1 fully saturated rings. The number of phenolic OH excluding ortho intramolecular Hbond substituents is 1. The topological polar surface area (TPSA) is 61.4 Å². The maximum atomic E-state index is 11.3. The van der Waals surface area contributed by atoms with Gasteiger partial charge in [0.25, 0.3) is 0 Å². The average molecular weight is 220 g/mol. The average Bonchev–Trinajstić information content (AvgIpc) is 3.02. The highest BCUT2D eigenvalue weighted by Crippen LogP contribution is 2.18. The Bertz CT molecular complexity index is 375. The monoisotopic (exact) mass is 220 g/mol. The predicted octanol–water partition coefficient (Wildman–Crippen LogP) is 1.40. The highest BCUT2D eigenvalue weighted by molar-refractivity contribution is 5.74. The Labute approximate surface area is 94.7 Å². The molecule has 1 aromatic rings. The van der Waals surface area contributed by atoms with E-state index in [2.05, 4.69) is 10.6 Å². The fourth-order valence-corrected chi connectivity index (χ4v) is 1.50. The molecule has 0 heterocycles. The number of benzene rings is 1. The highest BCUT2D eigenvalue weighted by Gasteiger charge is 2.22. The third kappa shape index (κ3) is 3.46. The largest absolute Gasteiger partial charge is 0.508 e. The van der Waals surface area contributed by atoms with Crippen molar-refractivity contribution in [3.8, 4) is 5.75 Å². The van der Waals surface area contributed by atoms with Gasteiger partial charge in [0.05, 0.1) is 0 Å².